The highest BCUT2D eigenvalue weighted by Gasteiger charge is 2.30. The fourth-order valence-electron chi connectivity index (χ4n) is 1.21. The molecule has 0 atom stereocenters. The van der Waals surface area contributed by atoms with Crippen LogP contribution in [-0.2, 0) is 12.1 Å². The Bertz CT molecular complexity index is 495. The third-order valence-electron chi connectivity index (χ3n) is 1.87. The van der Waals surface area contributed by atoms with Crippen molar-refractivity contribution in [3.63, 3.8) is 0 Å². The Morgan fingerprint density at radius 2 is 2.00 bits per heavy atom. The minimum atomic E-state index is -4.32. The predicted octanol–water partition coefficient (Wildman–Crippen LogP) is 4.48. The zero-order valence-electron chi connectivity index (χ0n) is 7.71. The van der Waals surface area contributed by atoms with Gasteiger partial charge in [0, 0.05) is 0 Å². The molecule has 1 nitrogen and oxygen atoms in total. The molecular weight excluding hydrogens is 282 g/mol. The number of alkyl halides is 4. The van der Waals surface area contributed by atoms with E-state index in [0.717, 1.165) is 16.8 Å². The van der Waals surface area contributed by atoms with Crippen molar-refractivity contribution in [1.29, 1.82) is 0 Å². The second-order valence-electron chi connectivity index (χ2n) is 2.92. The van der Waals surface area contributed by atoms with Crippen LogP contribution in [0, 0.1) is 0 Å². The van der Waals surface area contributed by atoms with Gasteiger partial charge in [-0.15, -0.1) is 35.3 Å². The number of nitrogens with zero attached hydrogens (tertiary/aromatic N) is 1. The second kappa shape index (κ2) is 4.77. The Morgan fingerprint density at radius 1 is 1.31 bits per heavy atom. The Morgan fingerprint density at radius 3 is 2.56 bits per heavy atom. The predicted molar refractivity (Wildman–Crippen MR) is 61.4 cm³/mol. The summed E-state index contributed by atoms with van der Waals surface area (Å²) in [6.45, 7) is 0. The molecule has 2 rings (SSSR count). The first kappa shape index (κ1) is 13.5. The molecule has 1 heterocycles. The fraction of sp³-hybridized carbons (Fsp3) is 0.222. The van der Waals surface area contributed by atoms with Crippen molar-refractivity contribution in [2.24, 2.45) is 0 Å². The van der Waals surface area contributed by atoms with Crippen LogP contribution >= 0.6 is 35.3 Å². The Balaban J connectivity index is 0.00000128. The molecular formula is C9H6Cl2F3NS. The van der Waals surface area contributed by atoms with Gasteiger partial charge >= 0.3 is 6.18 Å². The van der Waals surface area contributed by atoms with E-state index in [-0.39, 0.29) is 18.3 Å². The Kier molecular flexibility index (Phi) is 4.04. The lowest BCUT2D eigenvalue weighted by atomic mass is 10.2. The van der Waals surface area contributed by atoms with E-state index < -0.39 is 11.7 Å². The third kappa shape index (κ3) is 2.59. The van der Waals surface area contributed by atoms with Gasteiger partial charge in [0.1, 0.15) is 5.01 Å². The van der Waals surface area contributed by atoms with Crippen molar-refractivity contribution in [1.82, 2.24) is 4.98 Å². The van der Waals surface area contributed by atoms with Gasteiger partial charge < -0.3 is 0 Å². The zero-order chi connectivity index (χ0) is 11.1. The molecule has 1 aromatic carbocycles. The zero-order valence-corrected chi connectivity index (χ0v) is 10.1. The molecule has 0 spiro atoms. The number of aromatic nitrogens is 1. The van der Waals surface area contributed by atoms with Gasteiger partial charge in [0.15, 0.2) is 0 Å². The summed E-state index contributed by atoms with van der Waals surface area (Å²) in [5.74, 6) is 0.223. The standard InChI is InChI=1S/C9H5ClF3NS.ClH/c10-4-8-14-6-3-5(9(11,12)13)1-2-7(6)15-8;/h1-3H,4H2;1H. The number of fused-ring (bicyclic) bond motifs is 1. The van der Waals surface area contributed by atoms with Crippen LogP contribution in [0.2, 0.25) is 0 Å². The summed E-state index contributed by atoms with van der Waals surface area (Å²) >= 11 is 6.86. The van der Waals surface area contributed by atoms with Crippen molar-refractivity contribution < 1.29 is 13.2 Å². The van der Waals surface area contributed by atoms with E-state index in [2.05, 4.69) is 4.98 Å². The van der Waals surface area contributed by atoms with Gasteiger partial charge in [-0.05, 0) is 18.2 Å². The van der Waals surface area contributed by atoms with Gasteiger partial charge in [-0.1, -0.05) is 0 Å². The van der Waals surface area contributed by atoms with Gasteiger partial charge in [0.2, 0.25) is 0 Å². The van der Waals surface area contributed by atoms with Gasteiger partial charge in [-0.25, -0.2) is 4.98 Å². The van der Waals surface area contributed by atoms with Crippen molar-refractivity contribution >= 4 is 45.6 Å². The molecule has 7 heteroatoms. The molecule has 0 aliphatic heterocycles. The lowest BCUT2D eigenvalue weighted by Crippen LogP contribution is -2.03. The molecule has 0 bridgehead atoms. The van der Waals surface area contributed by atoms with Crippen molar-refractivity contribution in [3.8, 4) is 0 Å². The van der Waals surface area contributed by atoms with Crippen LogP contribution in [0.15, 0.2) is 18.2 Å². The summed E-state index contributed by atoms with van der Waals surface area (Å²) in [7, 11) is 0. The summed E-state index contributed by atoms with van der Waals surface area (Å²) in [6, 6.07) is 3.52. The van der Waals surface area contributed by atoms with Crippen LogP contribution in [0.3, 0.4) is 0 Å². The first-order valence-corrected chi connectivity index (χ1v) is 5.38. The van der Waals surface area contributed by atoms with Crippen LogP contribution in [-0.4, -0.2) is 4.98 Å². The largest absolute Gasteiger partial charge is 0.416 e. The normalized spacial score (nSPS) is 11.5. The molecule has 0 unspecified atom stereocenters. The maximum absolute atomic E-state index is 12.4. The molecule has 0 amide bonds. The molecule has 0 aliphatic carbocycles. The molecule has 2 aromatic rings. The molecule has 0 saturated heterocycles. The van der Waals surface area contributed by atoms with Crippen molar-refractivity contribution in [2.45, 2.75) is 12.1 Å². The van der Waals surface area contributed by atoms with Gasteiger partial charge in [-0.3, -0.25) is 0 Å². The lowest BCUT2D eigenvalue weighted by molar-refractivity contribution is -0.137. The highest BCUT2D eigenvalue weighted by Crippen LogP contribution is 2.32. The molecule has 0 N–H and O–H groups in total. The molecule has 0 radical (unpaired) electrons. The molecule has 0 fully saturated rings. The van der Waals surface area contributed by atoms with Crippen LogP contribution in [0.4, 0.5) is 13.2 Å². The minimum absolute atomic E-state index is 0. The van der Waals surface area contributed by atoms with Gasteiger partial charge in [0.25, 0.3) is 0 Å². The van der Waals surface area contributed by atoms with E-state index in [0.29, 0.717) is 10.5 Å². The topological polar surface area (TPSA) is 12.9 Å². The number of halogens is 5. The monoisotopic (exact) mass is 287 g/mol. The number of benzene rings is 1. The van der Waals surface area contributed by atoms with E-state index in [1.807, 2.05) is 0 Å². The molecule has 1 aromatic heterocycles. The number of thiazole rings is 1. The SMILES string of the molecule is Cl.FC(F)(F)c1ccc2sc(CCl)nc2c1. The van der Waals surface area contributed by atoms with Gasteiger partial charge in [-0.2, -0.15) is 13.2 Å². The maximum atomic E-state index is 12.4. The Labute approximate surface area is 105 Å². The van der Waals surface area contributed by atoms with E-state index in [1.54, 1.807) is 0 Å². The van der Waals surface area contributed by atoms with E-state index in [9.17, 15) is 13.2 Å². The van der Waals surface area contributed by atoms with E-state index in [4.69, 9.17) is 11.6 Å². The maximum Gasteiger partial charge on any atom is 0.416 e. The van der Waals surface area contributed by atoms with Crippen LogP contribution in [0.1, 0.15) is 10.6 Å². The van der Waals surface area contributed by atoms with Crippen LogP contribution < -0.4 is 0 Å². The van der Waals surface area contributed by atoms with Crippen molar-refractivity contribution in [2.75, 3.05) is 0 Å². The third-order valence-corrected chi connectivity index (χ3v) is 3.32. The quantitative estimate of drug-likeness (QED) is 0.705. The second-order valence-corrected chi connectivity index (χ2v) is 4.30. The van der Waals surface area contributed by atoms with Crippen LogP contribution in [0.5, 0.6) is 0 Å². The molecule has 16 heavy (non-hydrogen) atoms. The number of hydrogen-bond acceptors (Lipinski definition) is 2. The fourth-order valence-corrected chi connectivity index (χ4v) is 2.23. The van der Waals surface area contributed by atoms with E-state index in [1.165, 1.54) is 17.4 Å². The first-order valence-electron chi connectivity index (χ1n) is 4.03. The van der Waals surface area contributed by atoms with Gasteiger partial charge in [0.05, 0.1) is 21.7 Å². The highest BCUT2D eigenvalue weighted by atomic mass is 35.5. The summed E-state index contributed by atoms with van der Waals surface area (Å²) < 4.78 is 37.8. The molecule has 88 valence electrons. The lowest BCUT2D eigenvalue weighted by Gasteiger charge is -2.04. The average Bonchev–Trinajstić information content (AvgIpc) is 2.57. The molecule has 0 saturated carbocycles. The average molecular weight is 288 g/mol. The number of hydrogen-bond donors (Lipinski definition) is 0. The summed E-state index contributed by atoms with van der Waals surface area (Å²) in [6.07, 6.45) is -4.32. The van der Waals surface area contributed by atoms with E-state index >= 15 is 0 Å². The van der Waals surface area contributed by atoms with Crippen LogP contribution in [0.25, 0.3) is 10.2 Å². The highest BCUT2D eigenvalue weighted by molar-refractivity contribution is 7.18. The Hall–Kier alpha value is -0.520. The molecule has 0 aliphatic rings. The first-order chi connectivity index (χ1) is 7.00. The summed E-state index contributed by atoms with van der Waals surface area (Å²) in [5.41, 5.74) is -0.327. The van der Waals surface area contributed by atoms with Crippen molar-refractivity contribution in [3.05, 3.63) is 28.8 Å². The number of rotatable bonds is 1. The minimum Gasteiger partial charge on any atom is -0.240 e. The summed E-state index contributed by atoms with van der Waals surface area (Å²) in [4.78, 5) is 3.99. The summed E-state index contributed by atoms with van der Waals surface area (Å²) in [5, 5.41) is 0.631. The smallest absolute Gasteiger partial charge is 0.240 e.